The van der Waals surface area contributed by atoms with Gasteiger partial charge in [-0.3, -0.25) is 9.78 Å². The average molecular weight is 193 g/mol. The summed E-state index contributed by atoms with van der Waals surface area (Å²) in [5.74, 6) is 0.0143. The van der Waals surface area contributed by atoms with Crippen molar-refractivity contribution >= 4 is 5.78 Å². The number of Topliss-reactive ketones (excluding diaryl/α,β-unsaturated/α-hetero) is 1. The minimum absolute atomic E-state index is 0.0143. The largest absolute Gasteiger partial charge is 0.374 e. The van der Waals surface area contributed by atoms with Gasteiger partial charge in [-0.2, -0.15) is 0 Å². The standard InChI is InChI=1S/C11H15NO2/c1-4-14-7-11(13)10-5-8(2)12-9(3)6-10/h5-6H,4,7H2,1-3H3. The van der Waals surface area contributed by atoms with Crippen LogP contribution in [0.25, 0.3) is 0 Å². The molecule has 0 unspecified atom stereocenters. The Bertz CT molecular complexity index is 314. The predicted octanol–water partition coefficient (Wildman–Crippen LogP) is 1.92. The fourth-order valence-electron chi connectivity index (χ4n) is 1.27. The maximum Gasteiger partial charge on any atom is 0.188 e. The van der Waals surface area contributed by atoms with Crippen LogP contribution in [0.2, 0.25) is 0 Å². The minimum Gasteiger partial charge on any atom is -0.374 e. The van der Waals surface area contributed by atoms with E-state index in [1.165, 1.54) is 0 Å². The molecule has 0 saturated heterocycles. The molecule has 0 bridgehead atoms. The highest BCUT2D eigenvalue weighted by Gasteiger charge is 2.06. The number of nitrogens with zero attached hydrogens (tertiary/aromatic N) is 1. The number of aromatic nitrogens is 1. The van der Waals surface area contributed by atoms with Gasteiger partial charge in [-0.1, -0.05) is 0 Å². The Morgan fingerprint density at radius 3 is 2.43 bits per heavy atom. The van der Waals surface area contributed by atoms with Crippen LogP contribution in [-0.2, 0) is 4.74 Å². The summed E-state index contributed by atoms with van der Waals surface area (Å²) in [6.45, 7) is 6.35. The Kier molecular flexibility index (Phi) is 3.77. The molecule has 3 heteroatoms. The van der Waals surface area contributed by atoms with Crippen molar-refractivity contribution in [1.82, 2.24) is 4.98 Å². The number of ether oxygens (including phenoxy) is 1. The maximum absolute atomic E-state index is 11.6. The van der Waals surface area contributed by atoms with Crippen LogP contribution in [0.1, 0.15) is 28.7 Å². The van der Waals surface area contributed by atoms with Crippen molar-refractivity contribution in [3.8, 4) is 0 Å². The third kappa shape index (κ3) is 2.92. The molecule has 0 radical (unpaired) electrons. The lowest BCUT2D eigenvalue weighted by molar-refractivity contribution is 0.0783. The average Bonchev–Trinajstić information content (AvgIpc) is 2.12. The van der Waals surface area contributed by atoms with E-state index in [4.69, 9.17) is 4.74 Å². The normalized spacial score (nSPS) is 10.2. The quantitative estimate of drug-likeness (QED) is 0.686. The molecule has 0 atom stereocenters. The lowest BCUT2D eigenvalue weighted by atomic mass is 10.1. The molecule has 1 aromatic rings. The Morgan fingerprint density at radius 2 is 1.93 bits per heavy atom. The molecule has 0 aliphatic heterocycles. The second kappa shape index (κ2) is 4.86. The van der Waals surface area contributed by atoms with E-state index in [9.17, 15) is 4.79 Å². The number of ketones is 1. The highest BCUT2D eigenvalue weighted by molar-refractivity contribution is 5.97. The third-order valence-corrected chi connectivity index (χ3v) is 1.84. The molecule has 76 valence electrons. The van der Waals surface area contributed by atoms with Gasteiger partial charge in [0.25, 0.3) is 0 Å². The van der Waals surface area contributed by atoms with E-state index in [0.717, 1.165) is 11.4 Å². The van der Waals surface area contributed by atoms with E-state index in [1.807, 2.05) is 20.8 Å². The molecule has 0 saturated carbocycles. The summed E-state index contributed by atoms with van der Waals surface area (Å²) in [5.41, 5.74) is 2.41. The van der Waals surface area contributed by atoms with E-state index in [1.54, 1.807) is 12.1 Å². The van der Waals surface area contributed by atoms with Crippen molar-refractivity contribution in [3.05, 3.63) is 29.1 Å². The summed E-state index contributed by atoms with van der Waals surface area (Å²) in [5, 5.41) is 0. The first-order valence-corrected chi connectivity index (χ1v) is 4.69. The van der Waals surface area contributed by atoms with Gasteiger partial charge in [0.1, 0.15) is 6.61 Å². The number of carbonyl (C=O) groups excluding carboxylic acids is 1. The molecule has 1 heterocycles. The zero-order chi connectivity index (χ0) is 10.6. The van der Waals surface area contributed by atoms with Crippen LogP contribution in [0.5, 0.6) is 0 Å². The van der Waals surface area contributed by atoms with Crippen molar-refractivity contribution < 1.29 is 9.53 Å². The van der Waals surface area contributed by atoms with Gasteiger partial charge in [0.15, 0.2) is 5.78 Å². The fraction of sp³-hybridized carbons (Fsp3) is 0.455. The molecule has 1 rings (SSSR count). The van der Waals surface area contributed by atoms with Crippen LogP contribution >= 0.6 is 0 Å². The number of aryl methyl sites for hydroxylation is 2. The first kappa shape index (κ1) is 10.9. The van der Waals surface area contributed by atoms with Crippen LogP contribution in [0.4, 0.5) is 0 Å². The van der Waals surface area contributed by atoms with Gasteiger partial charge in [0, 0.05) is 23.6 Å². The monoisotopic (exact) mass is 193 g/mol. The van der Waals surface area contributed by atoms with Gasteiger partial charge >= 0.3 is 0 Å². The van der Waals surface area contributed by atoms with E-state index in [-0.39, 0.29) is 12.4 Å². The fourth-order valence-corrected chi connectivity index (χ4v) is 1.27. The van der Waals surface area contributed by atoms with Crippen LogP contribution in [0.3, 0.4) is 0 Å². The maximum atomic E-state index is 11.6. The highest BCUT2D eigenvalue weighted by Crippen LogP contribution is 2.06. The Balaban J connectivity index is 2.79. The summed E-state index contributed by atoms with van der Waals surface area (Å²) in [7, 11) is 0. The Morgan fingerprint density at radius 1 is 1.36 bits per heavy atom. The zero-order valence-electron chi connectivity index (χ0n) is 8.83. The predicted molar refractivity (Wildman–Crippen MR) is 54.5 cm³/mol. The summed E-state index contributed by atoms with van der Waals surface area (Å²) in [6.07, 6.45) is 0. The topological polar surface area (TPSA) is 39.2 Å². The lowest BCUT2D eigenvalue weighted by Gasteiger charge is -2.03. The van der Waals surface area contributed by atoms with E-state index < -0.39 is 0 Å². The first-order chi connectivity index (χ1) is 6.63. The summed E-state index contributed by atoms with van der Waals surface area (Å²) < 4.78 is 5.06. The summed E-state index contributed by atoms with van der Waals surface area (Å²) >= 11 is 0. The molecular weight excluding hydrogens is 178 g/mol. The van der Waals surface area contributed by atoms with Crippen molar-refractivity contribution in [2.45, 2.75) is 20.8 Å². The van der Waals surface area contributed by atoms with Crippen molar-refractivity contribution in [1.29, 1.82) is 0 Å². The number of rotatable bonds is 4. The van der Waals surface area contributed by atoms with Crippen molar-refractivity contribution in [3.63, 3.8) is 0 Å². The number of hydrogen-bond donors (Lipinski definition) is 0. The molecule has 0 N–H and O–H groups in total. The molecule has 0 spiro atoms. The molecule has 0 aliphatic rings. The molecular formula is C11H15NO2. The van der Waals surface area contributed by atoms with Crippen molar-refractivity contribution in [2.24, 2.45) is 0 Å². The summed E-state index contributed by atoms with van der Waals surface area (Å²) in [6, 6.07) is 3.57. The molecule has 0 aromatic carbocycles. The lowest BCUT2D eigenvalue weighted by Crippen LogP contribution is -2.09. The van der Waals surface area contributed by atoms with E-state index >= 15 is 0 Å². The van der Waals surface area contributed by atoms with Gasteiger partial charge in [-0.05, 0) is 32.9 Å². The number of carbonyl (C=O) groups is 1. The number of pyridine rings is 1. The van der Waals surface area contributed by atoms with Gasteiger partial charge in [0.05, 0.1) is 0 Å². The second-order valence-corrected chi connectivity index (χ2v) is 3.20. The van der Waals surface area contributed by atoms with Crippen LogP contribution in [0.15, 0.2) is 12.1 Å². The molecule has 0 amide bonds. The SMILES string of the molecule is CCOCC(=O)c1cc(C)nc(C)c1. The first-order valence-electron chi connectivity index (χ1n) is 4.69. The van der Waals surface area contributed by atoms with Crippen LogP contribution in [-0.4, -0.2) is 24.0 Å². The third-order valence-electron chi connectivity index (χ3n) is 1.84. The second-order valence-electron chi connectivity index (χ2n) is 3.20. The Hall–Kier alpha value is -1.22. The van der Waals surface area contributed by atoms with Crippen LogP contribution in [0, 0.1) is 13.8 Å². The van der Waals surface area contributed by atoms with Crippen molar-refractivity contribution in [2.75, 3.05) is 13.2 Å². The zero-order valence-corrected chi connectivity index (χ0v) is 8.83. The number of hydrogen-bond acceptors (Lipinski definition) is 3. The Labute approximate surface area is 84.1 Å². The molecule has 1 aromatic heterocycles. The molecule has 14 heavy (non-hydrogen) atoms. The highest BCUT2D eigenvalue weighted by atomic mass is 16.5. The van der Waals surface area contributed by atoms with Gasteiger partial charge < -0.3 is 4.74 Å². The molecule has 0 aliphatic carbocycles. The van der Waals surface area contributed by atoms with Gasteiger partial charge in [-0.25, -0.2) is 0 Å². The van der Waals surface area contributed by atoms with E-state index in [2.05, 4.69) is 4.98 Å². The van der Waals surface area contributed by atoms with Gasteiger partial charge in [-0.15, -0.1) is 0 Å². The minimum atomic E-state index is 0.0143. The summed E-state index contributed by atoms with van der Waals surface area (Å²) in [4.78, 5) is 15.8. The smallest absolute Gasteiger partial charge is 0.188 e. The van der Waals surface area contributed by atoms with Gasteiger partial charge in [0.2, 0.25) is 0 Å². The van der Waals surface area contributed by atoms with E-state index in [0.29, 0.717) is 12.2 Å². The molecule has 0 fully saturated rings. The van der Waals surface area contributed by atoms with Crippen LogP contribution < -0.4 is 0 Å². The molecule has 3 nitrogen and oxygen atoms in total.